The molecule has 1 aromatic carbocycles. The summed E-state index contributed by atoms with van der Waals surface area (Å²) in [4.78, 5) is 1.17. The van der Waals surface area contributed by atoms with Gasteiger partial charge in [0.05, 0.1) is 11.9 Å². The molecule has 7 heteroatoms. The maximum Gasteiger partial charge on any atom is 0.192 e. The lowest BCUT2D eigenvalue weighted by Gasteiger charge is -2.45. The van der Waals surface area contributed by atoms with Gasteiger partial charge in [-0.1, -0.05) is 39.0 Å². The minimum Gasteiger partial charge on any atom is -0.414 e. The average Bonchev–Trinajstić information content (AvgIpc) is 2.96. The first-order chi connectivity index (χ1) is 13.4. The van der Waals surface area contributed by atoms with Crippen molar-refractivity contribution in [3.63, 3.8) is 0 Å². The van der Waals surface area contributed by atoms with E-state index in [4.69, 9.17) is 23.4 Å². The second-order valence-electron chi connectivity index (χ2n) is 9.81. The lowest BCUT2D eigenvalue weighted by atomic mass is 10.0. The van der Waals surface area contributed by atoms with E-state index in [1.54, 1.807) is 18.9 Å². The van der Waals surface area contributed by atoms with Crippen LogP contribution in [0.3, 0.4) is 0 Å². The van der Waals surface area contributed by atoms with E-state index in [1.165, 1.54) is 4.90 Å². The molecule has 0 aliphatic carbocycles. The van der Waals surface area contributed by atoms with Crippen LogP contribution in [0.5, 0.6) is 0 Å². The summed E-state index contributed by atoms with van der Waals surface area (Å²) in [7, 11) is -0.207. The zero-order chi connectivity index (χ0) is 21.4. The number of fused-ring (bicyclic) bond motifs is 1. The first kappa shape index (κ1) is 23.3. The van der Waals surface area contributed by atoms with Crippen molar-refractivity contribution in [2.45, 2.75) is 93.3 Å². The second-order valence-corrected chi connectivity index (χ2v) is 15.9. The van der Waals surface area contributed by atoms with Gasteiger partial charge in [-0.15, -0.1) is 11.8 Å². The molecular weight excluding hydrogens is 404 g/mol. The fraction of sp³-hybridized carbons (Fsp3) is 0.727. The van der Waals surface area contributed by atoms with Crippen LogP contribution >= 0.6 is 11.8 Å². The Morgan fingerprint density at radius 1 is 1.07 bits per heavy atom. The smallest absolute Gasteiger partial charge is 0.192 e. The van der Waals surface area contributed by atoms with Crippen molar-refractivity contribution in [3.8, 4) is 0 Å². The lowest BCUT2D eigenvalue weighted by Crippen LogP contribution is -2.57. The Hall–Kier alpha value is -0.413. The first-order valence-corrected chi connectivity index (χ1v) is 14.1. The van der Waals surface area contributed by atoms with Crippen molar-refractivity contribution < 1.29 is 23.4 Å². The summed E-state index contributed by atoms with van der Waals surface area (Å²) in [5.41, 5.74) is 0. The summed E-state index contributed by atoms with van der Waals surface area (Å²) in [6.07, 6.45) is -0.916. The van der Waals surface area contributed by atoms with Crippen LogP contribution in [-0.4, -0.2) is 57.7 Å². The summed E-state index contributed by atoms with van der Waals surface area (Å²) in [5.74, 6) is -0.704. The van der Waals surface area contributed by atoms with Crippen LogP contribution in [0.15, 0.2) is 35.2 Å². The van der Waals surface area contributed by atoms with Crippen molar-refractivity contribution >= 4 is 20.1 Å². The van der Waals surface area contributed by atoms with Crippen molar-refractivity contribution in [1.29, 1.82) is 0 Å². The predicted octanol–water partition coefficient (Wildman–Crippen LogP) is 5.06. The Balaban J connectivity index is 1.79. The second kappa shape index (κ2) is 8.61. The van der Waals surface area contributed by atoms with Gasteiger partial charge in [0.15, 0.2) is 20.4 Å². The van der Waals surface area contributed by atoms with Crippen LogP contribution in [0.4, 0.5) is 0 Å². The van der Waals surface area contributed by atoms with E-state index in [0.29, 0.717) is 6.61 Å². The van der Waals surface area contributed by atoms with Crippen LogP contribution in [0, 0.1) is 0 Å². The van der Waals surface area contributed by atoms with Crippen LogP contribution in [-0.2, 0) is 23.4 Å². The van der Waals surface area contributed by atoms with Crippen molar-refractivity contribution in [2.24, 2.45) is 0 Å². The van der Waals surface area contributed by atoms with E-state index in [-0.39, 0.29) is 34.9 Å². The molecule has 0 N–H and O–H groups in total. The van der Waals surface area contributed by atoms with Crippen LogP contribution in [0.2, 0.25) is 18.1 Å². The molecule has 0 bridgehead atoms. The Morgan fingerprint density at radius 3 is 2.31 bits per heavy atom. The summed E-state index contributed by atoms with van der Waals surface area (Å²) >= 11 is 1.74. The molecule has 2 fully saturated rings. The molecule has 5 nitrogen and oxygen atoms in total. The van der Waals surface area contributed by atoms with Gasteiger partial charge in [0, 0.05) is 12.0 Å². The molecular formula is C22H36O5SSi. The van der Waals surface area contributed by atoms with E-state index in [9.17, 15) is 0 Å². The third kappa shape index (κ3) is 5.26. The highest BCUT2D eigenvalue weighted by Crippen LogP contribution is 2.44. The van der Waals surface area contributed by atoms with E-state index < -0.39 is 14.1 Å². The van der Waals surface area contributed by atoms with Crippen molar-refractivity contribution in [2.75, 3.05) is 13.7 Å². The maximum atomic E-state index is 6.49. The monoisotopic (exact) mass is 440 g/mol. The Bertz CT molecular complexity index is 676. The zero-order valence-electron chi connectivity index (χ0n) is 18.9. The summed E-state index contributed by atoms with van der Waals surface area (Å²) in [6.45, 7) is 15.7. The Morgan fingerprint density at radius 2 is 1.72 bits per heavy atom. The molecule has 0 unspecified atom stereocenters. The summed E-state index contributed by atoms with van der Waals surface area (Å²) in [5, 5.41) is 0.163. The normalized spacial score (nSPS) is 32.2. The fourth-order valence-corrected chi connectivity index (χ4v) is 5.75. The number of thioether (sulfide) groups is 1. The van der Waals surface area contributed by atoms with E-state index >= 15 is 0 Å². The number of ether oxygens (including phenoxy) is 4. The molecule has 0 saturated carbocycles. The number of hydrogen-bond acceptors (Lipinski definition) is 6. The number of hydrogen-bond donors (Lipinski definition) is 0. The third-order valence-electron chi connectivity index (χ3n) is 6.09. The van der Waals surface area contributed by atoms with Gasteiger partial charge < -0.3 is 23.4 Å². The molecule has 2 aliphatic heterocycles. The molecule has 29 heavy (non-hydrogen) atoms. The highest BCUT2D eigenvalue weighted by Gasteiger charge is 2.56. The van der Waals surface area contributed by atoms with Crippen molar-refractivity contribution in [3.05, 3.63) is 30.3 Å². The van der Waals surface area contributed by atoms with Crippen molar-refractivity contribution in [1.82, 2.24) is 0 Å². The zero-order valence-corrected chi connectivity index (χ0v) is 20.7. The quantitative estimate of drug-likeness (QED) is 0.576. The van der Waals surface area contributed by atoms with Crippen LogP contribution in [0.1, 0.15) is 34.6 Å². The van der Waals surface area contributed by atoms with Gasteiger partial charge in [-0.05, 0) is 44.1 Å². The Kier molecular flexibility index (Phi) is 6.91. The van der Waals surface area contributed by atoms with Gasteiger partial charge in [0.1, 0.15) is 18.3 Å². The molecule has 3 rings (SSSR count). The molecule has 0 amide bonds. The highest BCUT2D eigenvalue weighted by molar-refractivity contribution is 8.00. The summed E-state index contributed by atoms with van der Waals surface area (Å²) in [6, 6.07) is 10.3. The predicted molar refractivity (Wildman–Crippen MR) is 119 cm³/mol. The van der Waals surface area contributed by atoms with Crippen LogP contribution in [0.25, 0.3) is 0 Å². The van der Waals surface area contributed by atoms with Gasteiger partial charge in [0.25, 0.3) is 0 Å². The first-order valence-electron chi connectivity index (χ1n) is 10.3. The summed E-state index contributed by atoms with van der Waals surface area (Å²) < 4.78 is 31.1. The lowest BCUT2D eigenvalue weighted by molar-refractivity contribution is -0.327. The molecule has 0 spiro atoms. The number of methoxy groups -OCH3 is 1. The molecule has 2 saturated heterocycles. The van der Waals surface area contributed by atoms with Gasteiger partial charge in [-0.25, -0.2) is 0 Å². The average molecular weight is 441 g/mol. The SMILES string of the molecule is CO[C@H]1O[C@H]2[C@H](OC(C)(C)O[C@@H]2CO[Si](C)(C)C(C)(C)C)[C@H]1Sc1ccccc1. The molecule has 164 valence electrons. The van der Waals surface area contributed by atoms with Gasteiger partial charge >= 0.3 is 0 Å². The topological polar surface area (TPSA) is 46.2 Å². The Labute approximate surface area is 180 Å². The van der Waals surface area contributed by atoms with E-state index in [0.717, 1.165) is 0 Å². The van der Waals surface area contributed by atoms with Gasteiger partial charge in [-0.3, -0.25) is 0 Å². The van der Waals surface area contributed by atoms with E-state index in [2.05, 4.69) is 46.0 Å². The maximum absolute atomic E-state index is 6.49. The number of rotatable bonds is 6. The van der Waals surface area contributed by atoms with E-state index in [1.807, 2.05) is 32.0 Å². The van der Waals surface area contributed by atoms with Gasteiger partial charge in [-0.2, -0.15) is 0 Å². The molecule has 2 aliphatic rings. The standard InChI is InChI=1S/C22H36O5SSi/c1-21(2,3)29(7,8)24-14-16-17-18(27-22(4,5)26-16)19(20(23-6)25-17)28-15-12-10-9-11-13-15/h9-13,16-20H,14H2,1-8H3/t16-,17-,18+,19-,20+/m1/s1. The molecule has 2 heterocycles. The van der Waals surface area contributed by atoms with Crippen LogP contribution < -0.4 is 0 Å². The minimum absolute atomic E-state index is 0.0194. The molecule has 0 aromatic heterocycles. The largest absolute Gasteiger partial charge is 0.414 e. The molecule has 5 atom stereocenters. The fourth-order valence-electron chi connectivity index (χ4n) is 3.48. The highest BCUT2D eigenvalue weighted by atomic mass is 32.2. The third-order valence-corrected chi connectivity index (χ3v) is 11.9. The minimum atomic E-state index is -1.90. The van der Waals surface area contributed by atoms with Gasteiger partial charge in [0.2, 0.25) is 0 Å². The molecule has 1 aromatic rings. The number of benzene rings is 1. The molecule has 0 radical (unpaired) electrons.